The molecule has 2 N–H and O–H groups in total. The summed E-state index contributed by atoms with van der Waals surface area (Å²) in [5.74, 6) is 0.00775. The Morgan fingerprint density at radius 2 is 1.90 bits per heavy atom. The molecule has 1 unspecified atom stereocenters. The number of carbonyl (C=O) groups is 2. The van der Waals surface area contributed by atoms with E-state index in [9.17, 15) is 9.59 Å². The second-order valence-corrected chi connectivity index (χ2v) is 19.1. The van der Waals surface area contributed by atoms with Crippen LogP contribution < -0.4 is 19.7 Å². The van der Waals surface area contributed by atoms with E-state index in [0.29, 0.717) is 56.1 Å². The largest absolute Gasteiger partial charge is 0.491 e. The van der Waals surface area contributed by atoms with Gasteiger partial charge in [-0.05, 0) is 110 Å². The number of amides is 2. The molecule has 2 bridgehead atoms. The van der Waals surface area contributed by atoms with Crippen LogP contribution in [0.3, 0.4) is 0 Å². The molecule has 1 aliphatic carbocycles. The number of halogens is 1. The molecule has 0 radical (unpaired) electrons. The lowest BCUT2D eigenvalue weighted by Gasteiger charge is -2.41. The molecule has 12 nitrogen and oxygen atoms in total. The van der Waals surface area contributed by atoms with Crippen molar-refractivity contribution in [2.45, 2.75) is 71.1 Å². The third kappa shape index (κ3) is 11.4. The third-order valence-corrected chi connectivity index (χ3v) is 14.5. The van der Waals surface area contributed by atoms with Crippen LogP contribution in [0.4, 0.5) is 5.69 Å². The van der Waals surface area contributed by atoms with Gasteiger partial charge in [-0.2, -0.15) is 0 Å². The monoisotopic (exact) mass is 848 g/mol. The van der Waals surface area contributed by atoms with Gasteiger partial charge in [0.15, 0.2) is 0 Å². The van der Waals surface area contributed by atoms with Crippen LogP contribution in [0.5, 0.6) is 5.75 Å². The van der Waals surface area contributed by atoms with Crippen molar-refractivity contribution in [1.29, 1.82) is 0 Å². The lowest BCUT2D eigenvalue weighted by molar-refractivity contribution is 0.0976. The molecule has 2 aromatic carbocycles. The zero-order valence-electron chi connectivity index (χ0n) is 34.8. The van der Waals surface area contributed by atoms with Crippen LogP contribution in [0.2, 0.25) is 5.02 Å². The number of nitrogens with zero attached hydrogens (tertiary/aromatic N) is 4. The van der Waals surface area contributed by atoms with Gasteiger partial charge in [-0.15, -0.1) is 4.36 Å². The van der Waals surface area contributed by atoms with Crippen LogP contribution >= 0.6 is 11.6 Å². The number of nitrogens with one attached hydrogen (secondary N) is 2. The Labute approximate surface area is 355 Å². The molecule has 3 aromatic rings. The number of anilines is 1. The number of allylic oxidation sites excluding steroid dienone is 1. The molecule has 2 fully saturated rings. The van der Waals surface area contributed by atoms with Crippen LogP contribution in [-0.4, -0.2) is 97.0 Å². The lowest BCUT2D eigenvalue weighted by atomic mass is 9.71. The smallest absolute Gasteiger partial charge is 0.286 e. The molecule has 1 aromatic heterocycles. The highest BCUT2D eigenvalue weighted by molar-refractivity contribution is 7.92. The molecule has 1 saturated carbocycles. The number of benzene rings is 2. The quantitative estimate of drug-likeness (QED) is 0.267. The van der Waals surface area contributed by atoms with Gasteiger partial charge in [-0.1, -0.05) is 36.7 Å². The van der Waals surface area contributed by atoms with Gasteiger partial charge in [0.2, 0.25) is 0 Å². The number of fused-ring (bicyclic) bond motifs is 3. The van der Waals surface area contributed by atoms with E-state index in [0.717, 1.165) is 94.1 Å². The molecule has 14 heteroatoms. The molecule has 0 spiro atoms. The van der Waals surface area contributed by atoms with Gasteiger partial charge in [-0.25, -0.2) is 4.21 Å². The third-order valence-electron chi connectivity index (χ3n) is 12.3. The highest BCUT2D eigenvalue weighted by atomic mass is 35.5. The molecule has 7 rings (SSSR count). The zero-order valence-corrected chi connectivity index (χ0v) is 36.4. The van der Waals surface area contributed by atoms with Crippen LogP contribution in [0, 0.1) is 17.8 Å². The fraction of sp³-hybridized carbons (Fsp3) is 0.556. The number of ether oxygens (including phenoxy) is 3. The van der Waals surface area contributed by atoms with Crippen molar-refractivity contribution in [2.75, 3.05) is 70.3 Å². The molecular weight excluding hydrogens is 788 g/mol. The SMILES string of the molecule is CO[C@H]1/C=C/C[C@@H]2CC[C@H]2CN2Cc3ccc(Cl)cc3CCCCOc3ccc(cc32)C(=O)N=S(=O)(NC(=O)c2cc(CN3CCCOCCNCC3)n(C)c2)C[C@H]1C. The molecule has 4 heterocycles. The Hall–Kier alpha value is -3.72. The maximum Gasteiger partial charge on any atom is 0.286 e. The van der Waals surface area contributed by atoms with Crippen LogP contribution in [0.15, 0.2) is 65.2 Å². The number of rotatable bonds is 5. The summed E-state index contributed by atoms with van der Waals surface area (Å²) in [6.07, 6.45) is 12.4. The summed E-state index contributed by atoms with van der Waals surface area (Å²) in [5.41, 5.74) is 4.80. The average molecular weight is 850 g/mol. The van der Waals surface area contributed by atoms with Crippen LogP contribution in [0.25, 0.3) is 0 Å². The first kappa shape index (κ1) is 43.4. The van der Waals surface area contributed by atoms with Crippen LogP contribution in [-0.2, 0) is 45.9 Å². The molecular formula is C45H61ClN6O6S. The summed E-state index contributed by atoms with van der Waals surface area (Å²) >= 11 is 6.50. The maximum atomic E-state index is 15.0. The minimum absolute atomic E-state index is 0.0819. The van der Waals surface area contributed by atoms with Gasteiger partial charge in [0, 0.05) is 89.1 Å². The molecule has 4 aliphatic rings. The predicted molar refractivity (Wildman–Crippen MR) is 234 cm³/mol. The van der Waals surface area contributed by atoms with E-state index in [2.05, 4.69) is 42.4 Å². The Bertz CT molecular complexity index is 2090. The Morgan fingerprint density at radius 3 is 2.73 bits per heavy atom. The lowest BCUT2D eigenvalue weighted by Crippen LogP contribution is -2.38. The van der Waals surface area contributed by atoms with E-state index >= 15 is 4.21 Å². The summed E-state index contributed by atoms with van der Waals surface area (Å²) < 4.78 is 42.1. The van der Waals surface area contributed by atoms with Crippen molar-refractivity contribution in [2.24, 2.45) is 29.2 Å². The van der Waals surface area contributed by atoms with Gasteiger partial charge in [0.05, 0.1) is 36.3 Å². The highest BCUT2D eigenvalue weighted by Gasteiger charge is 2.33. The fourth-order valence-electron chi connectivity index (χ4n) is 8.75. The Balaban J connectivity index is 1.22. The maximum absolute atomic E-state index is 15.0. The minimum Gasteiger partial charge on any atom is -0.491 e. The van der Waals surface area contributed by atoms with E-state index in [1.807, 2.05) is 48.9 Å². The van der Waals surface area contributed by atoms with E-state index < -0.39 is 27.8 Å². The second-order valence-electron chi connectivity index (χ2n) is 16.7. The highest BCUT2D eigenvalue weighted by Crippen LogP contribution is 2.41. The van der Waals surface area contributed by atoms with Crippen molar-refractivity contribution in [1.82, 2.24) is 19.5 Å². The molecule has 2 amide bonds. The minimum atomic E-state index is -3.65. The topological polar surface area (TPSA) is 127 Å². The van der Waals surface area contributed by atoms with Gasteiger partial charge in [0.1, 0.15) is 15.7 Å². The Morgan fingerprint density at radius 1 is 1.03 bits per heavy atom. The summed E-state index contributed by atoms with van der Waals surface area (Å²) in [6.45, 7) is 9.32. The fourth-order valence-corrected chi connectivity index (χ4v) is 10.8. The van der Waals surface area contributed by atoms with E-state index in [-0.39, 0.29) is 17.2 Å². The molecule has 59 heavy (non-hydrogen) atoms. The number of hydrogen-bond donors (Lipinski definition) is 2. The number of carbonyl (C=O) groups excluding carboxylic acids is 2. The summed E-state index contributed by atoms with van der Waals surface area (Å²) in [4.78, 5) is 33.1. The first-order chi connectivity index (χ1) is 28.6. The summed E-state index contributed by atoms with van der Waals surface area (Å²) in [5, 5.41) is 4.13. The number of methoxy groups -OCH3 is 1. The van der Waals surface area contributed by atoms with Crippen molar-refractivity contribution >= 4 is 39.0 Å². The summed E-state index contributed by atoms with van der Waals surface area (Å²) in [7, 11) is -0.115. The molecule has 3 aliphatic heterocycles. The molecule has 5 atom stereocenters. The summed E-state index contributed by atoms with van der Waals surface area (Å²) in [6, 6.07) is 13.3. The van der Waals surface area contributed by atoms with Crippen molar-refractivity contribution in [3.05, 3.63) is 93.8 Å². The zero-order chi connectivity index (χ0) is 41.4. The number of aryl methyl sites for hydroxylation is 2. The van der Waals surface area contributed by atoms with Gasteiger partial charge < -0.3 is 29.0 Å². The van der Waals surface area contributed by atoms with E-state index in [1.165, 1.54) is 11.1 Å². The second kappa shape index (κ2) is 20.2. The van der Waals surface area contributed by atoms with Crippen molar-refractivity contribution < 1.29 is 28.0 Å². The normalized spacial score (nSPS) is 27.1. The van der Waals surface area contributed by atoms with Gasteiger partial charge >= 0.3 is 0 Å². The van der Waals surface area contributed by atoms with Crippen LogP contribution in [0.1, 0.15) is 83.0 Å². The van der Waals surface area contributed by atoms with Crippen molar-refractivity contribution in [3.8, 4) is 5.75 Å². The number of hydrogen-bond acceptors (Lipinski definition) is 9. The van der Waals surface area contributed by atoms with Gasteiger partial charge in [0.25, 0.3) is 11.8 Å². The number of aromatic nitrogens is 1. The van der Waals surface area contributed by atoms with Gasteiger partial charge in [-0.3, -0.25) is 19.2 Å². The average Bonchev–Trinajstić information content (AvgIpc) is 3.56. The molecule has 320 valence electrons. The van der Waals surface area contributed by atoms with E-state index in [1.54, 1.807) is 19.4 Å². The molecule has 1 saturated heterocycles. The van der Waals surface area contributed by atoms with E-state index in [4.69, 9.17) is 25.8 Å². The Kier molecular flexibility index (Phi) is 14.9. The first-order valence-electron chi connectivity index (χ1n) is 21.3. The first-order valence-corrected chi connectivity index (χ1v) is 23.4. The van der Waals surface area contributed by atoms with Crippen molar-refractivity contribution in [3.63, 3.8) is 0 Å². The standard InChI is InChI=1S/C45H61ClN6O6S/c1-32-31-59(55,49-45(54)38-25-40(50(2)27-38)30-51-19-7-21-57-23-18-47-17-20-51)48-44(53)35-14-16-43-41(26-35)52(28-36-12-11-33(36)9-6-10-42(32)56-3)29-37-13-15-39(46)24-34(37)8-4-5-22-58-43/h6,10,13-16,24-27,32-33,36,42,47H,4-5,7-9,11-12,17-23,28-31H2,1-3H3,(H,48,49,53,54,55)/b10-6+/t32-,33-,36+,42+,59?/m1/s1. The predicted octanol–water partition coefficient (Wildman–Crippen LogP) is 6.80.